The summed E-state index contributed by atoms with van der Waals surface area (Å²) in [4.78, 5) is 24.0. The Morgan fingerprint density at radius 1 is 1.20 bits per heavy atom. The van der Waals surface area contributed by atoms with Crippen LogP contribution in [0.1, 0.15) is 32.7 Å². The largest absolute Gasteiger partial charge is 0.446 e. The van der Waals surface area contributed by atoms with E-state index in [4.69, 9.17) is 24.5 Å². The van der Waals surface area contributed by atoms with Gasteiger partial charge in [0.25, 0.3) is 0 Å². The Balaban J connectivity index is 1.42. The second-order valence-corrected chi connectivity index (χ2v) is 9.29. The van der Waals surface area contributed by atoms with E-state index in [2.05, 4.69) is 29.2 Å². The smallest absolute Gasteiger partial charge is 0.411 e. The second-order valence-electron chi connectivity index (χ2n) is 9.29. The van der Waals surface area contributed by atoms with Gasteiger partial charge < -0.3 is 24.6 Å². The SMILES string of the molecule is CC(C)n1ncc2c(N3CC4CCC(C3)O4)nc(-c3ccc(NC(=O)OCC(O)CO)cc3)nc21. The maximum atomic E-state index is 11.9. The summed E-state index contributed by atoms with van der Waals surface area (Å²) in [5.41, 5.74) is 2.11. The van der Waals surface area contributed by atoms with Gasteiger partial charge in [-0.25, -0.2) is 19.4 Å². The van der Waals surface area contributed by atoms with Gasteiger partial charge in [0.15, 0.2) is 11.5 Å². The lowest BCUT2D eigenvalue weighted by molar-refractivity contribution is 0.0303. The van der Waals surface area contributed by atoms with Crippen LogP contribution in [0, 0.1) is 0 Å². The standard InChI is InChI=1S/C24H30N6O5/c1-14(2)30-23-20(9-25-30)22(29-10-18-7-8-19(11-29)35-18)27-21(28-23)15-3-5-16(6-4-15)26-24(33)34-13-17(32)12-31/h3-6,9,14,17-19,31-32H,7-8,10-13H2,1-2H3,(H,26,33). The Labute approximate surface area is 202 Å². The van der Waals surface area contributed by atoms with Gasteiger partial charge in [-0.05, 0) is 51.0 Å². The maximum absolute atomic E-state index is 11.9. The molecule has 35 heavy (non-hydrogen) atoms. The summed E-state index contributed by atoms with van der Waals surface area (Å²) >= 11 is 0. The highest BCUT2D eigenvalue weighted by Crippen LogP contribution is 2.34. The molecule has 2 bridgehead atoms. The number of benzene rings is 1. The average Bonchev–Trinajstić information content (AvgIpc) is 3.44. The molecule has 3 aromatic rings. The van der Waals surface area contributed by atoms with E-state index in [-0.39, 0.29) is 24.9 Å². The number of aliphatic hydroxyl groups is 2. The Bertz CT molecular complexity index is 1190. The van der Waals surface area contributed by atoms with Crippen LogP contribution in [0.2, 0.25) is 0 Å². The number of hydrogen-bond acceptors (Lipinski definition) is 9. The number of amides is 1. The fourth-order valence-electron chi connectivity index (χ4n) is 4.53. The van der Waals surface area contributed by atoms with Crippen LogP contribution < -0.4 is 10.2 Å². The minimum Gasteiger partial charge on any atom is -0.446 e. The molecule has 11 nitrogen and oxygen atoms in total. The van der Waals surface area contributed by atoms with Crippen LogP contribution in [0.15, 0.2) is 30.5 Å². The third-order valence-corrected chi connectivity index (χ3v) is 6.27. The topological polar surface area (TPSA) is 135 Å². The number of anilines is 2. The first-order chi connectivity index (χ1) is 16.9. The highest BCUT2D eigenvalue weighted by molar-refractivity contribution is 5.89. The third kappa shape index (κ3) is 4.93. The van der Waals surface area contributed by atoms with Crippen LogP contribution in [0.3, 0.4) is 0 Å². The normalized spacial score (nSPS) is 20.4. The zero-order chi connectivity index (χ0) is 24.5. The summed E-state index contributed by atoms with van der Waals surface area (Å²) in [5.74, 6) is 1.44. The first kappa shape index (κ1) is 23.5. The van der Waals surface area contributed by atoms with E-state index in [0.717, 1.165) is 48.3 Å². The fourth-order valence-corrected chi connectivity index (χ4v) is 4.53. The molecule has 186 valence electrons. The van der Waals surface area contributed by atoms with Crippen molar-refractivity contribution in [3.8, 4) is 11.4 Å². The van der Waals surface area contributed by atoms with E-state index < -0.39 is 18.8 Å². The van der Waals surface area contributed by atoms with Crippen molar-refractivity contribution in [1.82, 2.24) is 19.7 Å². The number of carbonyl (C=O) groups excluding carboxylic acids is 1. The molecule has 0 aliphatic carbocycles. The lowest BCUT2D eigenvalue weighted by Crippen LogP contribution is -2.43. The predicted octanol–water partition coefficient (Wildman–Crippen LogP) is 2.34. The Morgan fingerprint density at radius 3 is 2.57 bits per heavy atom. The lowest BCUT2D eigenvalue weighted by Gasteiger charge is -2.33. The van der Waals surface area contributed by atoms with E-state index in [9.17, 15) is 9.90 Å². The van der Waals surface area contributed by atoms with E-state index in [1.807, 2.05) is 23.0 Å². The lowest BCUT2D eigenvalue weighted by atomic mass is 10.2. The zero-order valence-electron chi connectivity index (χ0n) is 19.8. The summed E-state index contributed by atoms with van der Waals surface area (Å²) in [5, 5.41) is 26.2. The van der Waals surface area contributed by atoms with Gasteiger partial charge in [0.05, 0.1) is 30.4 Å². The number of carbonyl (C=O) groups is 1. The summed E-state index contributed by atoms with van der Waals surface area (Å²) in [6.45, 7) is 4.97. The van der Waals surface area contributed by atoms with Gasteiger partial charge in [-0.15, -0.1) is 0 Å². The fraction of sp³-hybridized carbons (Fsp3) is 0.500. The van der Waals surface area contributed by atoms with Gasteiger partial charge in [-0.3, -0.25) is 5.32 Å². The molecule has 0 saturated carbocycles. The van der Waals surface area contributed by atoms with Crippen molar-refractivity contribution in [3.05, 3.63) is 30.5 Å². The number of ether oxygens (including phenoxy) is 2. The van der Waals surface area contributed by atoms with Crippen molar-refractivity contribution >= 4 is 28.6 Å². The molecule has 1 aromatic carbocycles. The molecular formula is C24H30N6O5. The van der Waals surface area contributed by atoms with Crippen molar-refractivity contribution in [3.63, 3.8) is 0 Å². The van der Waals surface area contributed by atoms with Crippen molar-refractivity contribution in [2.24, 2.45) is 0 Å². The van der Waals surface area contributed by atoms with Gasteiger partial charge in [0, 0.05) is 30.4 Å². The number of hydrogen-bond donors (Lipinski definition) is 3. The van der Waals surface area contributed by atoms with Crippen LogP contribution >= 0.6 is 0 Å². The van der Waals surface area contributed by atoms with Crippen LogP contribution in [0.4, 0.5) is 16.3 Å². The Kier molecular flexibility index (Phi) is 6.54. The number of morpholine rings is 1. The molecule has 0 spiro atoms. The van der Waals surface area contributed by atoms with Crippen LogP contribution in [-0.4, -0.2) is 80.7 Å². The number of rotatable bonds is 7. The molecule has 3 N–H and O–H groups in total. The van der Waals surface area contributed by atoms with Gasteiger partial charge in [0.2, 0.25) is 0 Å². The zero-order valence-corrected chi connectivity index (χ0v) is 19.8. The number of aromatic nitrogens is 4. The summed E-state index contributed by atoms with van der Waals surface area (Å²) < 4.78 is 12.8. The van der Waals surface area contributed by atoms with Gasteiger partial charge in [0.1, 0.15) is 18.5 Å². The first-order valence-corrected chi connectivity index (χ1v) is 11.9. The molecule has 2 aromatic heterocycles. The van der Waals surface area contributed by atoms with E-state index in [1.54, 1.807) is 12.1 Å². The van der Waals surface area contributed by atoms with E-state index in [0.29, 0.717) is 11.5 Å². The van der Waals surface area contributed by atoms with Crippen molar-refractivity contribution in [2.45, 2.75) is 51.0 Å². The van der Waals surface area contributed by atoms with Gasteiger partial charge in [-0.2, -0.15) is 5.10 Å². The van der Waals surface area contributed by atoms with Crippen molar-refractivity contribution in [2.75, 3.05) is 36.5 Å². The molecule has 11 heteroatoms. The second kappa shape index (κ2) is 9.76. The molecule has 2 saturated heterocycles. The van der Waals surface area contributed by atoms with Crippen LogP contribution in [0.25, 0.3) is 22.4 Å². The number of fused-ring (bicyclic) bond motifs is 3. The molecule has 0 radical (unpaired) electrons. The highest BCUT2D eigenvalue weighted by atomic mass is 16.6. The Hall–Kier alpha value is -3.28. The minimum absolute atomic E-state index is 0.144. The molecule has 3 unspecified atom stereocenters. The van der Waals surface area contributed by atoms with Crippen molar-refractivity contribution < 1.29 is 24.5 Å². The molecule has 2 fully saturated rings. The molecular weight excluding hydrogens is 452 g/mol. The quantitative estimate of drug-likeness (QED) is 0.464. The van der Waals surface area contributed by atoms with Crippen molar-refractivity contribution in [1.29, 1.82) is 0 Å². The summed E-state index contributed by atoms with van der Waals surface area (Å²) in [6, 6.07) is 7.29. The van der Waals surface area contributed by atoms with E-state index >= 15 is 0 Å². The summed E-state index contributed by atoms with van der Waals surface area (Å²) in [7, 11) is 0. The van der Waals surface area contributed by atoms with Crippen LogP contribution in [-0.2, 0) is 9.47 Å². The molecule has 3 atom stereocenters. The van der Waals surface area contributed by atoms with Crippen LogP contribution in [0.5, 0.6) is 0 Å². The molecule has 5 rings (SSSR count). The number of nitrogens with zero attached hydrogens (tertiary/aromatic N) is 5. The van der Waals surface area contributed by atoms with E-state index in [1.165, 1.54) is 0 Å². The predicted molar refractivity (Wildman–Crippen MR) is 129 cm³/mol. The highest BCUT2D eigenvalue weighted by Gasteiger charge is 2.35. The monoisotopic (exact) mass is 482 g/mol. The van der Waals surface area contributed by atoms with Gasteiger partial charge in [-0.1, -0.05) is 0 Å². The molecule has 2 aliphatic heterocycles. The third-order valence-electron chi connectivity index (χ3n) is 6.27. The number of aliphatic hydroxyl groups excluding tert-OH is 2. The van der Waals surface area contributed by atoms with Gasteiger partial charge >= 0.3 is 6.09 Å². The maximum Gasteiger partial charge on any atom is 0.411 e. The number of nitrogens with one attached hydrogen (secondary N) is 1. The summed E-state index contributed by atoms with van der Waals surface area (Å²) in [6.07, 6.45) is 2.63. The molecule has 2 aliphatic rings. The average molecular weight is 483 g/mol. The molecule has 4 heterocycles. The Morgan fingerprint density at radius 2 is 1.91 bits per heavy atom. The first-order valence-electron chi connectivity index (χ1n) is 11.9. The minimum atomic E-state index is -1.11. The molecule has 1 amide bonds.